The monoisotopic (exact) mass is 335 g/mol. The van der Waals surface area contributed by atoms with Crippen LogP contribution in [0.4, 0.5) is 11.4 Å². The predicted octanol–water partition coefficient (Wildman–Crippen LogP) is 4.50. The lowest BCUT2D eigenvalue weighted by Gasteiger charge is -2.11. The highest BCUT2D eigenvalue weighted by Crippen LogP contribution is 2.27. The van der Waals surface area contributed by atoms with Crippen molar-refractivity contribution in [3.05, 3.63) is 94.5 Å². The number of nitro benzene ring substituents is 1. The molecule has 2 N–H and O–H groups in total. The maximum absolute atomic E-state index is 11.2. The quantitative estimate of drug-likeness (QED) is 0.491. The van der Waals surface area contributed by atoms with Crippen molar-refractivity contribution in [1.29, 1.82) is 0 Å². The number of para-hydroxylation sites is 2. The van der Waals surface area contributed by atoms with Crippen molar-refractivity contribution in [3.8, 4) is 11.5 Å². The third-order valence-electron chi connectivity index (χ3n) is 3.51. The molecular formula is C19H17N3O3. The molecule has 0 fully saturated rings. The summed E-state index contributed by atoms with van der Waals surface area (Å²) < 4.78 is 5.75. The zero-order valence-electron chi connectivity index (χ0n) is 13.4. The van der Waals surface area contributed by atoms with E-state index in [0.717, 1.165) is 5.69 Å². The summed E-state index contributed by atoms with van der Waals surface area (Å²) in [5, 5.41) is 11.2. The van der Waals surface area contributed by atoms with Crippen molar-refractivity contribution in [2.24, 2.45) is 0 Å². The molecule has 0 radical (unpaired) electrons. The lowest BCUT2D eigenvalue weighted by atomic mass is 10.1. The van der Waals surface area contributed by atoms with Crippen LogP contribution in [0.5, 0.6) is 11.5 Å². The Morgan fingerprint density at radius 1 is 0.880 bits per heavy atom. The minimum absolute atomic E-state index is 0.0442. The summed E-state index contributed by atoms with van der Waals surface area (Å²) >= 11 is 0. The highest BCUT2D eigenvalue weighted by atomic mass is 16.6. The fourth-order valence-electron chi connectivity index (χ4n) is 2.33. The van der Waals surface area contributed by atoms with Gasteiger partial charge in [0.2, 0.25) is 0 Å². The van der Waals surface area contributed by atoms with Crippen molar-refractivity contribution >= 4 is 11.4 Å². The molecule has 6 heteroatoms. The number of hydrogen-bond acceptors (Lipinski definition) is 5. The summed E-state index contributed by atoms with van der Waals surface area (Å²) in [6.07, 6.45) is 0. The number of anilines is 1. The first-order valence-corrected chi connectivity index (χ1v) is 7.76. The maximum Gasteiger partial charge on any atom is 0.274 e. The lowest BCUT2D eigenvalue weighted by molar-refractivity contribution is -0.385. The maximum atomic E-state index is 11.2. The Morgan fingerprint density at radius 3 is 2.24 bits per heavy atom. The topological polar surface area (TPSA) is 76.4 Å². The summed E-state index contributed by atoms with van der Waals surface area (Å²) in [6.45, 7) is 0.275. The summed E-state index contributed by atoms with van der Waals surface area (Å²) in [5.41, 5.74) is 7.46. The van der Waals surface area contributed by atoms with Gasteiger partial charge in [-0.2, -0.15) is 0 Å². The standard InChI is InChI=1S/C19H17N3O3/c23-22(24)19-12-11-18(25-17-9-5-2-6-10-17)13-15(19)14-20-21-16-7-3-1-4-8-16/h1-13,20-21H,14H2. The Balaban J connectivity index is 1.73. The number of hydrogen-bond donors (Lipinski definition) is 2. The average Bonchev–Trinajstić information content (AvgIpc) is 2.63. The minimum Gasteiger partial charge on any atom is -0.457 e. The van der Waals surface area contributed by atoms with E-state index >= 15 is 0 Å². The molecule has 0 aliphatic carbocycles. The SMILES string of the molecule is O=[N+]([O-])c1ccc(Oc2ccccc2)cc1CNNc1ccccc1. The fourth-order valence-corrected chi connectivity index (χ4v) is 2.33. The number of nitrogens with one attached hydrogen (secondary N) is 2. The Morgan fingerprint density at radius 2 is 1.56 bits per heavy atom. The van der Waals surface area contributed by atoms with E-state index in [4.69, 9.17) is 4.74 Å². The summed E-state index contributed by atoms with van der Waals surface area (Å²) in [7, 11) is 0. The number of nitrogens with zero attached hydrogens (tertiary/aromatic N) is 1. The second kappa shape index (κ2) is 7.94. The van der Waals surface area contributed by atoms with Gasteiger partial charge in [-0.15, -0.1) is 0 Å². The van der Waals surface area contributed by atoms with E-state index in [2.05, 4.69) is 10.9 Å². The van der Waals surface area contributed by atoms with Crippen LogP contribution in [0.15, 0.2) is 78.9 Å². The van der Waals surface area contributed by atoms with Crippen molar-refractivity contribution in [3.63, 3.8) is 0 Å². The first-order chi connectivity index (χ1) is 12.2. The van der Waals surface area contributed by atoms with Crippen LogP contribution in [0.3, 0.4) is 0 Å². The Labute approximate surface area is 145 Å². The van der Waals surface area contributed by atoms with Gasteiger partial charge in [0.15, 0.2) is 0 Å². The van der Waals surface area contributed by atoms with Crippen LogP contribution in [-0.2, 0) is 6.54 Å². The molecule has 6 nitrogen and oxygen atoms in total. The van der Waals surface area contributed by atoms with E-state index in [0.29, 0.717) is 17.1 Å². The van der Waals surface area contributed by atoms with Gasteiger partial charge in [0.25, 0.3) is 5.69 Å². The van der Waals surface area contributed by atoms with Gasteiger partial charge < -0.3 is 10.2 Å². The van der Waals surface area contributed by atoms with Gasteiger partial charge in [-0.1, -0.05) is 36.4 Å². The molecule has 0 spiro atoms. The molecule has 0 amide bonds. The predicted molar refractivity (Wildman–Crippen MR) is 96.5 cm³/mol. The van der Waals surface area contributed by atoms with E-state index in [1.165, 1.54) is 6.07 Å². The van der Waals surface area contributed by atoms with Crippen LogP contribution >= 0.6 is 0 Å². The second-order valence-electron chi connectivity index (χ2n) is 5.31. The number of ether oxygens (including phenoxy) is 1. The molecule has 3 aromatic carbocycles. The molecule has 0 aliphatic rings. The van der Waals surface area contributed by atoms with Crippen LogP contribution in [0.1, 0.15) is 5.56 Å². The van der Waals surface area contributed by atoms with E-state index in [9.17, 15) is 10.1 Å². The highest BCUT2D eigenvalue weighted by molar-refractivity contribution is 5.47. The zero-order valence-corrected chi connectivity index (χ0v) is 13.4. The van der Waals surface area contributed by atoms with Gasteiger partial charge in [-0.3, -0.25) is 10.1 Å². The molecule has 0 aliphatic heterocycles. The Hall–Kier alpha value is -3.38. The summed E-state index contributed by atoms with van der Waals surface area (Å²) in [4.78, 5) is 10.8. The molecule has 0 unspecified atom stereocenters. The Kier molecular flexibility index (Phi) is 5.23. The largest absolute Gasteiger partial charge is 0.457 e. The molecule has 0 heterocycles. The highest BCUT2D eigenvalue weighted by Gasteiger charge is 2.14. The minimum atomic E-state index is -0.397. The molecular weight excluding hydrogens is 318 g/mol. The summed E-state index contributed by atoms with van der Waals surface area (Å²) in [6, 6.07) is 23.5. The molecule has 3 aromatic rings. The van der Waals surface area contributed by atoms with Gasteiger partial charge >= 0.3 is 0 Å². The normalized spacial score (nSPS) is 10.2. The van der Waals surface area contributed by atoms with E-state index in [-0.39, 0.29) is 12.2 Å². The smallest absolute Gasteiger partial charge is 0.274 e. The van der Waals surface area contributed by atoms with E-state index in [1.54, 1.807) is 12.1 Å². The second-order valence-corrected chi connectivity index (χ2v) is 5.31. The van der Waals surface area contributed by atoms with Gasteiger partial charge in [-0.05, 0) is 36.4 Å². The number of rotatable bonds is 7. The first-order valence-electron chi connectivity index (χ1n) is 7.76. The Bertz CT molecular complexity index is 839. The van der Waals surface area contributed by atoms with Gasteiger partial charge in [0.05, 0.1) is 4.92 Å². The molecule has 3 rings (SSSR count). The number of nitro groups is 1. The van der Waals surface area contributed by atoms with Gasteiger partial charge in [-0.25, -0.2) is 5.43 Å². The molecule has 0 bridgehead atoms. The van der Waals surface area contributed by atoms with Crippen LogP contribution in [0, 0.1) is 10.1 Å². The molecule has 0 aromatic heterocycles. The molecule has 126 valence electrons. The van der Waals surface area contributed by atoms with Crippen LogP contribution in [0.25, 0.3) is 0 Å². The fraction of sp³-hybridized carbons (Fsp3) is 0.0526. The number of hydrazine groups is 1. The number of benzene rings is 3. The third kappa shape index (κ3) is 4.55. The van der Waals surface area contributed by atoms with Gasteiger partial charge in [0, 0.05) is 23.9 Å². The molecule has 25 heavy (non-hydrogen) atoms. The molecule has 0 saturated heterocycles. The van der Waals surface area contributed by atoms with Crippen LogP contribution in [0.2, 0.25) is 0 Å². The van der Waals surface area contributed by atoms with Crippen molar-refractivity contribution in [2.75, 3.05) is 5.43 Å². The van der Waals surface area contributed by atoms with Crippen molar-refractivity contribution in [2.45, 2.75) is 6.54 Å². The average molecular weight is 335 g/mol. The van der Waals surface area contributed by atoms with Crippen molar-refractivity contribution in [1.82, 2.24) is 5.43 Å². The molecule has 0 saturated carbocycles. The van der Waals surface area contributed by atoms with E-state index < -0.39 is 4.92 Å². The van der Waals surface area contributed by atoms with Crippen LogP contribution < -0.4 is 15.6 Å². The van der Waals surface area contributed by atoms with Gasteiger partial charge in [0.1, 0.15) is 11.5 Å². The first kappa shape index (κ1) is 16.5. The van der Waals surface area contributed by atoms with E-state index in [1.807, 2.05) is 60.7 Å². The third-order valence-corrected chi connectivity index (χ3v) is 3.51. The molecule has 0 atom stereocenters. The van der Waals surface area contributed by atoms with Crippen molar-refractivity contribution < 1.29 is 9.66 Å². The van der Waals surface area contributed by atoms with Crippen LogP contribution in [-0.4, -0.2) is 4.92 Å². The lowest BCUT2D eigenvalue weighted by Crippen LogP contribution is -2.21. The zero-order chi connectivity index (χ0) is 17.5. The summed E-state index contributed by atoms with van der Waals surface area (Å²) in [5.74, 6) is 1.23.